The number of hydrogen-bond donors (Lipinski definition) is 0. The Morgan fingerprint density at radius 2 is 1.74 bits per heavy atom. The molecule has 7 nitrogen and oxygen atoms in total. The molecule has 1 aromatic carbocycles. The molecule has 1 saturated heterocycles. The molecule has 2 heterocycles. The largest absolute Gasteiger partial charge is 0.493 e. The molecule has 2 aliphatic heterocycles. The summed E-state index contributed by atoms with van der Waals surface area (Å²) in [5.41, 5.74) is 1.70. The number of ether oxygens (including phenoxy) is 2. The average molecular weight is 430 g/mol. The fourth-order valence-electron chi connectivity index (χ4n) is 4.08. The van der Waals surface area contributed by atoms with Crippen molar-refractivity contribution in [1.82, 2.24) is 14.7 Å². The van der Waals surface area contributed by atoms with Gasteiger partial charge in [0.05, 0.1) is 25.3 Å². The van der Waals surface area contributed by atoms with Gasteiger partial charge in [-0.25, -0.2) is 0 Å². The van der Waals surface area contributed by atoms with Crippen molar-refractivity contribution < 1.29 is 19.1 Å². The first-order valence-corrected chi connectivity index (χ1v) is 11.1. The molecule has 0 aromatic heterocycles. The third kappa shape index (κ3) is 5.28. The number of hydrogen-bond acceptors (Lipinski definition) is 6. The van der Waals surface area contributed by atoms with Crippen molar-refractivity contribution in [3.05, 3.63) is 35.5 Å². The second kappa shape index (κ2) is 10.3. The Kier molecular flexibility index (Phi) is 7.73. The zero-order chi connectivity index (χ0) is 22.5. The summed E-state index contributed by atoms with van der Waals surface area (Å²) in [6.07, 6.45) is 1.93. The third-order valence-electron chi connectivity index (χ3n) is 5.98. The Bertz CT molecular complexity index is 811. The fourth-order valence-corrected chi connectivity index (χ4v) is 4.08. The van der Waals surface area contributed by atoms with Crippen LogP contribution < -0.4 is 4.74 Å². The summed E-state index contributed by atoms with van der Waals surface area (Å²) < 4.78 is 10.9. The lowest BCUT2D eigenvalue weighted by Gasteiger charge is -2.36. The first-order valence-electron chi connectivity index (χ1n) is 11.1. The normalized spacial score (nSPS) is 18.5. The molecule has 0 saturated carbocycles. The molecule has 0 radical (unpaired) electrons. The van der Waals surface area contributed by atoms with Gasteiger partial charge in [0.15, 0.2) is 0 Å². The van der Waals surface area contributed by atoms with E-state index in [0.717, 1.165) is 37.2 Å². The van der Waals surface area contributed by atoms with Crippen molar-refractivity contribution >= 4 is 17.4 Å². The molecular formula is C24H35N3O4. The van der Waals surface area contributed by atoms with Gasteiger partial charge in [-0.1, -0.05) is 26.0 Å². The van der Waals surface area contributed by atoms with Gasteiger partial charge in [-0.15, -0.1) is 0 Å². The Morgan fingerprint density at radius 3 is 2.32 bits per heavy atom. The maximum absolute atomic E-state index is 13.3. The van der Waals surface area contributed by atoms with E-state index in [4.69, 9.17) is 9.47 Å². The number of rotatable bonds is 9. The summed E-state index contributed by atoms with van der Waals surface area (Å²) in [5, 5.41) is 0. The molecular weight excluding hydrogens is 394 g/mol. The third-order valence-corrected chi connectivity index (χ3v) is 5.98. The topological polar surface area (TPSA) is 62.3 Å². The standard InChI is InChI=1S/C24H35N3O4/c1-17(2)16-31-20-8-6-18(7-9-20)21-22(24(29)27(23(21)28)14-15-30-5)26(4)19-10-12-25(3)13-11-19/h6-9,17,19H,10-16H2,1-5H3. The van der Waals surface area contributed by atoms with Crippen LogP contribution >= 0.6 is 0 Å². The molecule has 2 amide bonds. The second-order valence-electron chi connectivity index (χ2n) is 8.85. The highest BCUT2D eigenvalue weighted by molar-refractivity contribution is 6.35. The Balaban J connectivity index is 1.92. The average Bonchev–Trinajstić information content (AvgIpc) is 3.00. The van der Waals surface area contributed by atoms with E-state index in [9.17, 15) is 9.59 Å². The zero-order valence-electron chi connectivity index (χ0n) is 19.4. The van der Waals surface area contributed by atoms with Gasteiger partial charge in [0.25, 0.3) is 11.8 Å². The van der Waals surface area contributed by atoms with E-state index in [2.05, 4.69) is 25.8 Å². The summed E-state index contributed by atoms with van der Waals surface area (Å²) in [4.78, 5) is 32.2. The van der Waals surface area contributed by atoms with Crippen LogP contribution in [-0.2, 0) is 14.3 Å². The van der Waals surface area contributed by atoms with E-state index < -0.39 is 0 Å². The molecule has 0 bridgehead atoms. The van der Waals surface area contributed by atoms with E-state index in [0.29, 0.717) is 30.4 Å². The highest BCUT2D eigenvalue weighted by Gasteiger charge is 2.42. The smallest absolute Gasteiger partial charge is 0.277 e. The van der Waals surface area contributed by atoms with Crippen LogP contribution in [-0.4, -0.2) is 86.6 Å². The van der Waals surface area contributed by atoms with Crippen LogP contribution in [0.2, 0.25) is 0 Å². The molecule has 0 N–H and O–H groups in total. The van der Waals surface area contributed by atoms with Crippen LogP contribution in [0.1, 0.15) is 32.3 Å². The van der Waals surface area contributed by atoms with Gasteiger partial charge in [0.2, 0.25) is 0 Å². The molecule has 170 valence electrons. The summed E-state index contributed by atoms with van der Waals surface area (Å²) in [7, 11) is 5.62. The van der Waals surface area contributed by atoms with Crippen molar-refractivity contribution in [3.8, 4) is 5.75 Å². The van der Waals surface area contributed by atoms with Gasteiger partial charge in [0, 0.05) is 20.2 Å². The SMILES string of the molecule is COCCN1C(=O)C(c2ccc(OCC(C)C)cc2)=C(N(C)C2CCN(C)CC2)C1=O. The van der Waals surface area contributed by atoms with Gasteiger partial charge < -0.3 is 19.3 Å². The quantitative estimate of drug-likeness (QED) is 0.562. The minimum atomic E-state index is -0.257. The van der Waals surface area contributed by atoms with E-state index in [1.165, 1.54) is 4.90 Å². The molecule has 0 spiro atoms. The molecule has 0 aliphatic carbocycles. The lowest BCUT2D eigenvalue weighted by Crippen LogP contribution is -2.44. The highest BCUT2D eigenvalue weighted by atomic mass is 16.5. The molecule has 0 atom stereocenters. The molecule has 7 heteroatoms. The van der Waals surface area contributed by atoms with Crippen molar-refractivity contribution in [2.24, 2.45) is 5.92 Å². The van der Waals surface area contributed by atoms with Crippen molar-refractivity contribution in [2.75, 3.05) is 54.1 Å². The summed E-state index contributed by atoms with van der Waals surface area (Å²) >= 11 is 0. The van der Waals surface area contributed by atoms with Crippen LogP contribution in [0.4, 0.5) is 0 Å². The predicted molar refractivity (Wildman–Crippen MR) is 121 cm³/mol. The first kappa shape index (κ1) is 23.3. The number of amides is 2. The Morgan fingerprint density at radius 1 is 1.10 bits per heavy atom. The molecule has 3 rings (SSSR count). The molecule has 0 unspecified atom stereocenters. The summed E-state index contributed by atoms with van der Waals surface area (Å²) in [6.45, 7) is 7.36. The number of methoxy groups -OCH3 is 1. The molecule has 1 fully saturated rings. The monoisotopic (exact) mass is 429 g/mol. The van der Waals surface area contributed by atoms with E-state index in [-0.39, 0.29) is 24.4 Å². The van der Waals surface area contributed by atoms with Crippen LogP contribution in [0, 0.1) is 5.92 Å². The number of nitrogens with zero attached hydrogens (tertiary/aromatic N) is 3. The first-order chi connectivity index (χ1) is 14.8. The minimum absolute atomic E-state index is 0.231. The van der Waals surface area contributed by atoms with Crippen LogP contribution in [0.15, 0.2) is 30.0 Å². The van der Waals surface area contributed by atoms with E-state index in [1.54, 1.807) is 7.11 Å². The highest BCUT2D eigenvalue weighted by Crippen LogP contribution is 2.34. The lowest BCUT2D eigenvalue weighted by atomic mass is 10.00. The summed E-state index contributed by atoms with van der Waals surface area (Å²) in [5.74, 6) is 0.697. The minimum Gasteiger partial charge on any atom is -0.493 e. The number of benzene rings is 1. The molecule has 1 aromatic rings. The van der Waals surface area contributed by atoms with Crippen molar-refractivity contribution in [1.29, 1.82) is 0 Å². The maximum Gasteiger partial charge on any atom is 0.277 e. The number of imide groups is 1. The van der Waals surface area contributed by atoms with Crippen molar-refractivity contribution in [2.45, 2.75) is 32.7 Å². The van der Waals surface area contributed by atoms with Crippen LogP contribution in [0.3, 0.4) is 0 Å². The Hall–Kier alpha value is -2.38. The number of piperidine rings is 1. The van der Waals surface area contributed by atoms with Crippen LogP contribution in [0.25, 0.3) is 5.57 Å². The molecule has 2 aliphatic rings. The number of likely N-dealkylation sites (tertiary alicyclic amines) is 1. The summed E-state index contributed by atoms with van der Waals surface area (Å²) in [6, 6.07) is 7.71. The Labute approximate surface area is 185 Å². The lowest BCUT2D eigenvalue weighted by molar-refractivity contribution is -0.138. The molecule has 31 heavy (non-hydrogen) atoms. The van der Waals surface area contributed by atoms with Crippen LogP contribution in [0.5, 0.6) is 5.75 Å². The fraction of sp³-hybridized carbons (Fsp3) is 0.583. The van der Waals surface area contributed by atoms with E-state index >= 15 is 0 Å². The van der Waals surface area contributed by atoms with Gasteiger partial charge in [-0.05, 0) is 56.6 Å². The number of carbonyl (C=O) groups excluding carboxylic acids is 2. The zero-order valence-corrected chi connectivity index (χ0v) is 19.4. The van der Waals surface area contributed by atoms with Gasteiger partial charge in [0.1, 0.15) is 11.4 Å². The van der Waals surface area contributed by atoms with Gasteiger partial charge in [-0.2, -0.15) is 0 Å². The van der Waals surface area contributed by atoms with Gasteiger partial charge in [-0.3, -0.25) is 14.5 Å². The van der Waals surface area contributed by atoms with Crippen molar-refractivity contribution in [3.63, 3.8) is 0 Å². The van der Waals surface area contributed by atoms with E-state index in [1.807, 2.05) is 36.2 Å². The van der Waals surface area contributed by atoms with Gasteiger partial charge >= 0.3 is 0 Å². The number of carbonyl (C=O) groups is 2. The number of likely N-dealkylation sites (N-methyl/N-ethyl adjacent to an activating group) is 1. The maximum atomic E-state index is 13.3. The second-order valence-corrected chi connectivity index (χ2v) is 8.85. The predicted octanol–water partition coefficient (Wildman–Crippen LogP) is 2.47.